The minimum Gasteiger partial charge on any atom is -0.480 e. The van der Waals surface area contributed by atoms with E-state index in [0.717, 1.165) is 116 Å². The Balaban J connectivity index is 4.26. The Morgan fingerprint density at radius 2 is 0.907 bits per heavy atom. The summed E-state index contributed by atoms with van der Waals surface area (Å²) in [5, 5.41) is 11.1. The average molecular weight is 754 g/mol. The molecule has 0 spiro atoms. The number of allylic oxidation sites excluding steroid dienone is 10. The van der Waals surface area contributed by atoms with Crippen molar-refractivity contribution in [3.8, 4) is 0 Å². The summed E-state index contributed by atoms with van der Waals surface area (Å²) in [5.74, 6) is -1.27. The Kier molecular flexibility index (Phi) is 40.6. The predicted octanol–water partition coefficient (Wildman–Crippen LogP) is 14.0. The van der Waals surface area contributed by atoms with Crippen molar-refractivity contribution in [2.24, 2.45) is 0 Å². The molecule has 1 amide bonds. The van der Waals surface area contributed by atoms with Gasteiger partial charge in [-0.25, -0.2) is 0 Å². The van der Waals surface area contributed by atoms with Crippen molar-refractivity contribution in [3.63, 3.8) is 0 Å². The van der Waals surface area contributed by atoms with E-state index in [-0.39, 0.29) is 24.5 Å². The number of ether oxygens (including phenoxy) is 1. The molecule has 6 nitrogen and oxygen atoms in total. The van der Waals surface area contributed by atoms with Crippen molar-refractivity contribution in [1.29, 1.82) is 0 Å². The second kappa shape index (κ2) is 42.8. The Bertz CT molecular complexity index is 1010. The fourth-order valence-corrected chi connectivity index (χ4v) is 6.38. The van der Waals surface area contributed by atoms with Gasteiger partial charge in [-0.1, -0.05) is 158 Å². The molecule has 0 aliphatic rings. The predicted molar refractivity (Wildman–Crippen MR) is 231 cm³/mol. The van der Waals surface area contributed by atoms with Crippen LogP contribution < -0.4 is 5.32 Å². The number of carboxylic acids is 1. The summed E-state index contributed by atoms with van der Waals surface area (Å²) in [6.45, 7) is 4.11. The summed E-state index contributed by atoms with van der Waals surface area (Å²) >= 11 is 0. The first-order chi connectivity index (χ1) is 26.5. The first kappa shape index (κ1) is 51.1. The van der Waals surface area contributed by atoms with Gasteiger partial charge in [0.05, 0.1) is 0 Å². The molecular formula is C48H83NO5. The lowest BCUT2D eigenvalue weighted by molar-refractivity contribution is -0.150. The zero-order valence-corrected chi connectivity index (χ0v) is 35.1. The van der Waals surface area contributed by atoms with E-state index in [1.165, 1.54) is 70.6 Å². The van der Waals surface area contributed by atoms with Gasteiger partial charge < -0.3 is 15.2 Å². The number of esters is 1. The molecule has 54 heavy (non-hydrogen) atoms. The molecule has 0 fully saturated rings. The van der Waals surface area contributed by atoms with Crippen LogP contribution in [0.15, 0.2) is 60.8 Å². The minimum absolute atomic E-state index is 0.00466. The first-order valence-electron chi connectivity index (χ1n) is 22.4. The largest absolute Gasteiger partial charge is 0.480 e. The number of carbonyl (C=O) groups is 3. The van der Waals surface area contributed by atoms with E-state index in [2.05, 4.69) is 79.9 Å². The van der Waals surface area contributed by atoms with E-state index in [0.29, 0.717) is 12.8 Å². The lowest BCUT2D eigenvalue weighted by Gasteiger charge is -2.18. The second-order valence-electron chi connectivity index (χ2n) is 14.9. The van der Waals surface area contributed by atoms with E-state index >= 15 is 0 Å². The second-order valence-corrected chi connectivity index (χ2v) is 14.9. The number of carbonyl (C=O) groups excluding carboxylic acids is 2. The summed E-state index contributed by atoms with van der Waals surface area (Å²) in [4.78, 5) is 35.1. The van der Waals surface area contributed by atoms with E-state index in [1.54, 1.807) is 0 Å². The molecule has 0 aromatic heterocycles. The summed E-state index contributed by atoms with van der Waals surface area (Å²) in [5.41, 5.74) is 0. The van der Waals surface area contributed by atoms with Crippen LogP contribution in [-0.2, 0) is 19.1 Å². The molecule has 0 saturated heterocycles. The third-order valence-corrected chi connectivity index (χ3v) is 9.67. The molecule has 2 N–H and O–H groups in total. The lowest BCUT2D eigenvalue weighted by Crippen LogP contribution is -2.28. The monoisotopic (exact) mass is 754 g/mol. The summed E-state index contributed by atoms with van der Waals surface area (Å²) in [6, 6.07) is 0. The Morgan fingerprint density at radius 3 is 1.43 bits per heavy atom. The molecule has 0 aromatic rings. The van der Waals surface area contributed by atoms with Gasteiger partial charge in [0.15, 0.2) is 0 Å². The van der Waals surface area contributed by atoms with Gasteiger partial charge in [-0.15, -0.1) is 0 Å². The van der Waals surface area contributed by atoms with E-state index in [9.17, 15) is 14.4 Å². The third-order valence-electron chi connectivity index (χ3n) is 9.67. The zero-order chi connectivity index (χ0) is 39.4. The molecule has 6 heteroatoms. The maximum Gasteiger partial charge on any atom is 0.322 e. The van der Waals surface area contributed by atoms with Gasteiger partial charge in [0.25, 0.3) is 0 Å². The van der Waals surface area contributed by atoms with Gasteiger partial charge in [-0.2, -0.15) is 0 Å². The van der Waals surface area contributed by atoms with Crippen LogP contribution >= 0.6 is 0 Å². The van der Waals surface area contributed by atoms with Crippen LogP contribution in [0.4, 0.5) is 0 Å². The maximum atomic E-state index is 12.8. The topological polar surface area (TPSA) is 92.7 Å². The van der Waals surface area contributed by atoms with Crippen LogP contribution in [0.1, 0.15) is 213 Å². The number of carboxylic acid groups (broad SMARTS) is 1. The number of aliphatic carboxylic acids is 1. The number of hydrogen-bond acceptors (Lipinski definition) is 4. The molecule has 0 radical (unpaired) electrons. The highest BCUT2D eigenvalue weighted by Crippen LogP contribution is 2.18. The normalized spacial score (nSPS) is 12.6. The highest BCUT2D eigenvalue weighted by molar-refractivity contribution is 5.80. The fourth-order valence-electron chi connectivity index (χ4n) is 6.38. The van der Waals surface area contributed by atoms with Crippen molar-refractivity contribution in [2.75, 3.05) is 6.54 Å². The van der Waals surface area contributed by atoms with Gasteiger partial charge in [0.2, 0.25) is 5.91 Å². The van der Waals surface area contributed by atoms with Crippen molar-refractivity contribution in [3.05, 3.63) is 60.8 Å². The minimum atomic E-state index is -1.02. The van der Waals surface area contributed by atoms with Crippen LogP contribution in [0.25, 0.3) is 0 Å². The highest BCUT2D eigenvalue weighted by Gasteiger charge is 2.14. The van der Waals surface area contributed by atoms with Crippen molar-refractivity contribution >= 4 is 17.8 Å². The summed E-state index contributed by atoms with van der Waals surface area (Å²) in [7, 11) is 0. The number of rotatable bonds is 40. The van der Waals surface area contributed by atoms with Crippen molar-refractivity contribution in [1.82, 2.24) is 5.32 Å². The molecule has 0 aliphatic heterocycles. The molecular weight excluding hydrogens is 671 g/mol. The van der Waals surface area contributed by atoms with Gasteiger partial charge in [-0.05, 0) is 103 Å². The molecule has 310 valence electrons. The number of unbranched alkanes of at least 4 members (excludes halogenated alkanes) is 19. The summed E-state index contributed by atoms with van der Waals surface area (Å²) < 4.78 is 6.03. The lowest BCUT2D eigenvalue weighted by atomic mass is 10.0. The molecule has 0 bridgehead atoms. The average Bonchev–Trinajstić information content (AvgIpc) is 3.16. The standard InChI is InChI=1S/C48H83NO5/c1-3-5-7-9-11-13-15-17-19-20-22-24-26-28-30-35-39-43-48(53)54-45(41-37-33-31-34-38-42-46(50)49-44-47(51)52)40-36-32-29-27-25-23-21-18-16-14-12-10-8-6-4-2/h5,7,11,13,17,19,22-25,45H,3-4,6,8-10,12,14-16,18,20-21,26-44H2,1-2H3,(H,49,50)(H,51,52)/b7-5-,13-11-,19-17-,24-22-,25-23-. The maximum absolute atomic E-state index is 12.8. The SMILES string of the molecule is CC/C=C\C/C=C\C/C=C\C/C=C\CCCCCCC(=O)OC(CCCCC/C=C\CCCCCCCCCC)CCCCCCCC(=O)NCC(=O)O. The van der Waals surface area contributed by atoms with Crippen molar-refractivity contribution in [2.45, 2.75) is 219 Å². The van der Waals surface area contributed by atoms with Crippen molar-refractivity contribution < 1.29 is 24.2 Å². The highest BCUT2D eigenvalue weighted by atomic mass is 16.5. The third kappa shape index (κ3) is 41.9. The molecule has 0 rings (SSSR count). The van der Waals surface area contributed by atoms with Crippen LogP contribution in [-0.4, -0.2) is 35.6 Å². The Morgan fingerprint density at radius 1 is 0.500 bits per heavy atom. The number of hydrogen-bond donors (Lipinski definition) is 2. The molecule has 0 aliphatic carbocycles. The zero-order valence-electron chi connectivity index (χ0n) is 35.1. The molecule has 0 saturated carbocycles. The van der Waals surface area contributed by atoms with E-state index in [1.807, 2.05) is 0 Å². The molecule has 1 atom stereocenters. The fraction of sp³-hybridized carbons (Fsp3) is 0.729. The van der Waals surface area contributed by atoms with Gasteiger partial charge in [0.1, 0.15) is 12.6 Å². The van der Waals surface area contributed by atoms with Crippen LogP contribution in [0.5, 0.6) is 0 Å². The van der Waals surface area contributed by atoms with Crippen LogP contribution in [0.3, 0.4) is 0 Å². The Labute approximate surface area is 332 Å². The molecule has 0 heterocycles. The molecule has 0 aromatic carbocycles. The van der Waals surface area contributed by atoms with E-state index in [4.69, 9.17) is 9.84 Å². The Hall–Kier alpha value is -2.89. The van der Waals surface area contributed by atoms with Crippen LogP contribution in [0, 0.1) is 0 Å². The van der Waals surface area contributed by atoms with Gasteiger partial charge in [0, 0.05) is 12.8 Å². The van der Waals surface area contributed by atoms with Gasteiger partial charge >= 0.3 is 11.9 Å². The molecule has 1 unspecified atom stereocenters. The first-order valence-corrected chi connectivity index (χ1v) is 22.4. The van der Waals surface area contributed by atoms with E-state index < -0.39 is 5.97 Å². The van der Waals surface area contributed by atoms with Crippen LogP contribution in [0.2, 0.25) is 0 Å². The smallest absolute Gasteiger partial charge is 0.322 e. The quantitative estimate of drug-likeness (QED) is 0.0369. The number of amides is 1. The number of nitrogens with one attached hydrogen (secondary N) is 1. The summed E-state index contributed by atoms with van der Waals surface area (Å²) in [6.07, 6.45) is 56.3. The van der Waals surface area contributed by atoms with Gasteiger partial charge in [-0.3, -0.25) is 14.4 Å².